The molecule has 1 aromatic rings. The van der Waals surface area contributed by atoms with Crippen LogP contribution < -0.4 is 50.4 Å². The van der Waals surface area contributed by atoms with Gasteiger partial charge in [0, 0.05) is 31.4 Å². The topological polar surface area (TPSA) is 334 Å². The first kappa shape index (κ1) is 35.6. The number of nitrogens with two attached hydrogens (primary N) is 6. The SMILES string of the molecule is NCCCCC(N)C(=O)NC(CCCN=C(N)N)C(=O)NC(Cc1cnc[nH]1)C(=O)NC(CCCN=C(N)N)C(=O)O. The number of nitrogens with one attached hydrogen (secondary N) is 4. The molecule has 0 radical (unpaired) electrons. The van der Waals surface area contributed by atoms with Gasteiger partial charge in [-0.2, -0.15) is 0 Å². The van der Waals surface area contributed by atoms with Crippen molar-refractivity contribution in [2.75, 3.05) is 19.6 Å². The summed E-state index contributed by atoms with van der Waals surface area (Å²) in [5.74, 6) is -3.50. The van der Waals surface area contributed by atoms with Gasteiger partial charge in [-0.15, -0.1) is 0 Å². The summed E-state index contributed by atoms with van der Waals surface area (Å²) in [5.41, 5.74) is 33.3. The molecule has 42 heavy (non-hydrogen) atoms. The van der Waals surface area contributed by atoms with Gasteiger partial charge in [0.15, 0.2) is 11.9 Å². The second-order valence-corrected chi connectivity index (χ2v) is 9.59. The van der Waals surface area contributed by atoms with Gasteiger partial charge in [0.05, 0.1) is 12.4 Å². The van der Waals surface area contributed by atoms with E-state index in [0.717, 1.165) is 0 Å². The molecule has 18 nitrogen and oxygen atoms in total. The normalized spacial score (nSPS) is 13.6. The number of guanidine groups is 2. The average molecular weight is 596 g/mol. The maximum atomic E-state index is 13.4. The zero-order chi connectivity index (χ0) is 31.5. The molecule has 0 saturated heterocycles. The zero-order valence-electron chi connectivity index (χ0n) is 23.6. The maximum Gasteiger partial charge on any atom is 0.326 e. The zero-order valence-corrected chi connectivity index (χ0v) is 23.6. The highest BCUT2D eigenvalue weighted by atomic mass is 16.4. The molecule has 236 valence electrons. The minimum atomic E-state index is -1.27. The van der Waals surface area contributed by atoms with E-state index in [1.807, 2.05) is 0 Å². The molecule has 0 aliphatic rings. The van der Waals surface area contributed by atoms with Crippen LogP contribution in [0.15, 0.2) is 22.5 Å². The van der Waals surface area contributed by atoms with Gasteiger partial charge in [-0.25, -0.2) is 9.78 Å². The Bertz CT molecular complexity index is 1040. The Morgan fingerprint density at radius 2 is 1.36 bits per heavy atom. The Morgan fingerprint density at radius 3 is 1.88 bits per heavy atom. The van der Waals surface area contributed by atoms with Crippen LogP contribution in [0.25, 0.3) is 0 Å². The van der Waals surface area contributed by atoms with Crippen molar-refractivity contribution in [3.63, 3.8) is 0 Å². The number of hydrogen-bond donors (Lipinski definition) is 11. The second kappa shape index (κ2) is 19.6. The maximum absolute atomic E-state index is 13.4. The van der Waals surface area contributed by atoms with E-state index >= 15 is 0 Å². The number of carbonyl (C=O) groups excluding carboxylic acids is 3. The third kappa shape index (κ3) is 14.8. The van der Waals surface area contributed by atoms with Crippen LogP contribution in [0.3, 0.4) is 0 Å². The first-order chi connectivity index (χ1) is 19.9. The van der Waals surface area contributed by atoms with Gasteiger partial charge in [0.1, 0.15) is 18.1 Å². The van der Waals surface area contributed by atoms with E-state index in [9.17, 15) is 24.3 Å². The molecule has 1 heterocycles. The van der Waals surface area contributed by atoms with E-state index in [1.165, 1.54) is 12.5 Å². The molecular formula is C24H45N13O5. The molecule has 0 fully saturated rings. The third-order valence-corrected chi connectivity index (χ3v) is 6.06. The Kier molecular flexibility index (Phi) is 16.6. The van der Waals surface area contributed by atoms with Crippen molar-refractivity contribution in [1.29, 1.82) is 0 Å². The number of nitrogens with zero attached hydrogens (tertiary/aromatic N) is 3. The number of hydrogen-bond acceptors (Lipinski definition) is 9. The van der Waals surface area contributed by atoms with Gasteiger partial charge in [0.2, 0.25) is 17.7 Å². The number of H-pyrrole nitrogens is 1. The summed E-state index contributed by atoms with van der Waals surface area (Å²) in [6.45, 7) is 0.831. The number of aliphatic imine (C=N–C) groups is 2. The Hall–Kier alpha value is -4.45. The predicted molar refractivity (Wildman–Crippen MR) is 156 cm³/mol. The van der Waals surface area contributed by atoms with Gasteiger partial charge in [-0.1, -0.05) is 6.42 Å². The lowest BCUT2D eigenvalue weighted by Gasteiger charge is -2.25. The van der Waals surface area contributed by atoms with Crippen LogP contribution in [0.4, 0.5) is 0 Å². The molecule has 0 saturated carbocycles. The molecule has 3 amide bonds. The quantitative estimate of drug-likeness (QED) is 0.0368. The number of rotatable bonds is 21. The second-order valence-electron chi connectivity index (χ2n) is 9.59. The molecule has 1 aromatic heterocycles. The molecule has 17 N–H and O–H groups in total. The predicted octanol–water partition coefficient (Wildman–Crippen LogP) is -3.95. The Morgan fingerprint density at radius 1 is 0.810 bits per heavy atom. The van der Waals surface area contributed by atoms with E-state index in [4.69, 9.17) is 34.4 Å². The van der Waals surface area contributed by atoms with E-state index in [2.05, 4.69) is 35.9 Å². The summed E-state index contributed by atoms with van der Waals surface area (Å²) in [6, 6.07) is -4.44. The fraction of sp³-hybridized carbons (Fsp3) is 0.625. The monoisotopic (exact) mass is 595 g/mol. The fourth-order valence-electron chi connectivity index (χ4n) is 3.82. The van der Waals surface area contributed by atoms with Crippen LogP contribution in [-0.4, -0.2) is 94.5 Å². The number of amides is 3. The molecular weight excluding hydrogens is 550 g/mol. The highest BCUT2D eigenvalue weighted by Crippen LogP contribution is 2.07. The van der Waals surface area contributed by atoms with Crippen molar-refractivity contribution in [2.24, 2.45) is 44.4 Å². The average Bonchev–Trinajstić information content (AvgIpc) is 3.44. The van der Waals surface area contributed by atoms with Gasteiger partial charge in [0.25, 0.3) is 0 Å². The Labute approximate surface area is 243 Å². The van der Waals surface area contributed by atoms with E-state index < -0.39 is 47.9 Å². The van der Waals surface area contributed by atoms with Crippen molar-refractivity contribution in [3.05, 3.63) is 18.2 Å². The number of aromatic amines is 1. The van der Waals surface area contributed by atoms with Gasteiger partial charge in [-0.3, -0.25) is 24.4 Å². The molecule has 0 bridgehead atoms. The van der Waals surface area contributed by atoms with E-state index in [0.29, 0.717) is 37.9 Å². The van der Waals surface area contributed by atoms with Crippen molar-refractivity contribution >= 4 is 35.6 Å². The first-order valence-corrected chi connectivity index (χ1v) is 13.6. The minimum Gasteiger partial charge on any atom is -0.480 e. The van der Waals surface area contributed by atoms with Crippen LogP contribution in [0.2, 0.25) is 0 Å². The van der Waals surface area contributed by atoms with Gasteiger partial charge < -0.3 is 60.4 Å². The smallest absolute Gasteiger partial charge is 0.326 e. The van der Waals surface area contributed by atoms with Crippen LogP contribution in [0.5, 0.6) is 0 Å². The van der Waals surface area contributed by atoms with Crippen LogP contribution in [-0.2, 0) is 25.6 Å². The summed E-state index contributed by atoms with van der Waals surface area (Å²) >= 11 is 0. The highest BCUT2D eigenvalue weighted by Gasteiger charge is 2.30. The third-order valence-electron chi connectivity index (χ3n) is 6.06. The van der Waals surface area contributed by atoms with Crippen LogP contribution in [0, 0.1) is 0 Å². The number of carboxylic acid groups (broad SMARTS) is 1. The summed E-state index contributed by atoms with van der Waals surface area (Å²) in [4.78, 5) is 65.7. The van der Waals surface area contributed by atoms with E-state index in [-0.39, 0.29) is 50.7 Å². The number of carbonyl (C=O) groups is 4. The number of carboxylic acids is 1. The van der Waals surface area contributed by atoms with Crippen LogP contribution in [0.1, 0.15) is 50.6 Å². The van der Waals surface area contributed by atoms with Gasteiger partial charge in [-0.05, 0) is 45.1 Å². The van der Waals surface area contributed by atoms with E-state index in [1.54, 1.807) is 0 Å². The Balaban J connectivity index is 3.06. The minimum absolute atomic E-state index is 0.0358. The molecule has 1 rings (SSSR count). The molecule has 0 aromatic carbocycles. The van der Waals surface area contributed by atoms with Crippen molar-refractivity contribution in [2.45, 2.75) is 75.5 Å². The highest BCUT2D eigenvalue weighted by molar-refractivity contribution is 5.94. The van der Waals surface area contributed by atoms with Crippen molar-refractivity contribution < 1.29 is 24.3 Å². The number of aromatic nitrogens is 2. The molecule has 0 spiro atoms. The van der Waals surface area contributed by atoms with Crippen molar-refractivity contribution in [1.82, 2.24) is 25.9 Å². The van der Waals surface area contributed by atoms with Gasteiger partial charge >= 0.3 is 5.97 Å². The first-order valence-electron chi connectivity index (χ1n) is 13.6. The number of unbranched alkanes of at least 4 members (excludes halogenated alkanes) is 1. The summed E-state index contributed by atoms with van der Waals surface area (Å²) < 4.78 is 0. The standard InChI is InChI=1S/C24H45N13O5/c25-8-2-1-5-15(26)19(38)35-16(6-3-9-32-23(27)28)20(39)37-18(11-14-12-31-13-34-14)21(40)36-17(22(41)42)7-4-10-33-24(29)30/h12-13,15-18H,1-11,25-26H2,(H,31,34)(H,35,38)(H,36,40)(H,37,39)(H,41,42)(H4,27,28,32)(H4,29,30,33). The number of aliphatic carboxylic acids is 1. The molecule has 4 atom stereocenters. The summed E-state index contributed by atoms with van der Waals surface area (Å²) in [6.07, 6.45) is 5.30. The lowest BCUT2D eigenvalue weighted by atomic mass is 10.0. The van der Waals surface area contributed by atoms with Crippen LogP contribution >= 0.6 is 0 Å². The summed E-state index contributed by atoms with van der Waals surface area (Å²) in [7, 11) is 0. The lowest BCUT2D eigenvalue weighted by Crippen LogP contribution is -2.57. The largest absolute Gasteiger partial charge is 0.480 e. The molecule has 18 heteroatoms. The molecule has 0 aliphatic carbocycles. The fourth-order valence-corrected chi connectivity index (χ4v) is 3.82. The van der Waals surface area contributed by atoms with Crippen molar-refractivity contribution in [3.8, 4) is 0 Å². The summed E-state index contributed by atoms with van der Waals surface area (Å²) in [5, 5.41) is 17.3. The number of imidazole rings is 1. The molecule has 0 aliphatic heterocycles. The lowest BCUT2D eigenvalue weighted by molar-refractivity contribution is -0.142. The molecule has 4 unspecified atom stereocenters.